The van der Waals surface area contributed by atoms with E-state index >= 15 is 0 Å². The van der Waals surface area contributed by atoms with Crippen LogP contribution in [0.15, 0.2) is 18.2 Å². The number of hydrogen-bond acceptors (Lipinski definition) is 7. The van der Waals surface area contributed by atoms with Gasteiger partial charge in [0.2, 0.25) is 17.6 Å². The second kappa shape index (κ2) is 11.3. The van der Waals surface area contributed by atoms with Gasteiger partial charge in [-0.1, -0.05) is 32.1 Å². The van der Waals surface area contributed by atoms with Gasteiger partial charge in [-0.05, 0) is 49.1 Å². The van der Waals surface area contributed by atoms with Crippen LogP contribution < -0.4 is 14.8 Å². The molecule has 0 bridgehead atoms. The summed E-state index contributed by atoms with van der Waals surface area (Å²) >= 11 is 0. The molecule has 0 spiro atoms. The highest BCUT2D eigenvalue weighted by Gasteiger charge is 2.29. The van der Waals surface area contributed by atoms with Crippen molar-refractivity contribution in [2.75, 3.05) is 20.8 Å². The predicted octanol–water partition coefficient (Wildman–Crippen LogP) is 2.58. The smallest absolute Gasteiger partial charge is 0.246 e. The van der Waals surface area contributed by atoms with Crippen LogP contribution in [0.25, 0.3) is 11.4 Å². The van der Waals surface area contributed by atoms with Crippen molar-refractivity contribution in [1.29, 1.82) is 0 Å². The van der Waals surface area contributed by atoms with Crippen LogP contribution in [0.1, 0.15) is 57.8 Å². The van der Waals surface area contributed by atoms with Gasteiger partial charge >= 0.3 is 0 Å². The third-order valence-electron chi connectivity index (χ3n) is 6.74. The number of methoxy groups -OCH3 is 2. The molecule has 2 aromatic rings. The zero-order chi connectivity index (χ0) is 23.9. The first-order valence-corrected chi connectivity index (χ1v) is 12.2. The van der Waals surface area contributed by atoms with Gasteiger partial charge in [-0.25, -0.2) is 0 Å². The number of aromatic nitrogens is 4. The van der Waals surface area contributed by atoms with Gasteiger partial charge in [0.25, 0.3) is 0 Å². The SMILES string of the molecule is COc1ccc(-c2nnn(CC(=O)N(CC(=O)NC3CCCCC3)C3CCCC3)n2)cc1OC. The van der Waals surface area contributed by atoms with Gasteiger partial charge < -0.3 is 19.7 Å². The number of nitrogens with one attached hydrogen (secondary N) is 1. The molecule has 1 aromatic heterocycles. The molecule has 0 aliphatic heterocycles. The molecule has 2 aliphatic rings. The molecule has 1 N–H and O–H groups in total. The average molecular weight is 471 g/mol. The van der Waals surface area contributed by atoms with Crippen LogP contribution in [0.3, 0.4) is 0 Å². The Balaban J connectivity index is 1.42. The summed E-state index contributed by atoms with van der Waals surface area (Å²) in [5.41, 5.74) is 0.704. The average Bonchev–Trinajstić information content (AvgIpc) is 3.55. The standard InChI is InChI=1S/C24H34N6O4/c1-33-20-13-12-17(14-21(20)34-2)24-26-28-30(27-24)16-23(32)29(19-10-6-7-11-19)15-22(31)25-18-8-4-3-5-9-18/h12-14,18-19H,3-11,15-16H2,1-2H3,(H,25,31). The number of rotatable bonds is 9. The van der Waals surface area contributed by atoms with E-state index in [4.69, 9.17) is 9.47 Å². The molecule has 184 valence electrons. The molecular weight excluding hydrogens is 436 g/mol. The van der Waals surface area contributed by atoms with E-state index < -0.39 is 0 Å². The molecule has 0 unspecified atom stereocenters. The maximum Gasteiger partial charge on any atom is 0.246 e. The van der Waals surface area contributed by atoms with E-state index in [9.17, 15) is 9.59 Å². The van der Waals surface area contributed by atoms with E-state index in [0.717, 1.165) is 51.4 Å². The first-order valence-electron chi connectivity index (χ1n) is 12.2. The highest BCUT2D eigenvalue weighted by molar-refractivity contribution is 5.85. The molecule has 2 fully saturated rings. The Morgan fingerprint density at radius 1 is 1.03 bits per heavy atom. The molecule has 0 radical (unpaired) electrons. The van der Waals surface area contributed by atoms with Gasteiger partial charge in [-0.2, -0.15) is 4.80 Å². The van der Waals surface area contributed by atoms with Crippen LogP contribution in [-0.2, 0) is 16.1 Å². The Kier molecular flexibility index (Phi) is 7.97. The Morgan fingerprint density at radius 3 is 2.44 bits per heavy atom. The lowest BCUT2D eigenvalue weighted by Gasteiger charge is -2.30. The Labute approximate surface area is 200 Å². The summed E-state index contributed by atoms with van der Waals surface area (Å²) in [6, 6.07) is 5.65. The molecular formula is C24H34N6O4. The normalized spacial score (nSPS) is 16.9. The van der Waals surface area contributed by atoms with E-state index in [1.54, 1.807) is 31.3 Å². The van der Waals surface area contributed by atoms with Crippen molar-refractivity contribution in [1.82, 2.24) is 30.4 Å². The zero-order valence-corrected chi connectivity index (χ0v) is 20.0. The monoisotopic (exact) mass is 470 g/mol. The van der Waals surface area contributed by atoms with E-state index in [1.807, 2.05) is 6.07 Å². The van der Waals surface area contributed by atoms with E-state index in [1.165, 1.54) is 11.2 Å². The number of tetrazole rings is 1. The quantitative estimate of drug-likeness (QED) is 0.599. The Hall–Kier alpha value is -3.17. The number of carbonyl (C=O) groups excluding carboxylic acids is 2. The number of nitrogens with zero attached hydrogens (tertiary/aromatic N) is 5. The lowest BCUT2D eigenvalue weighted by atomic mass is 9.95. The van der Waals surface area contributed by atoms with Crippen molar-refractivity contribution in [3.63, 3.8) is 0 Å². The molecule has 2 amide bonds. The van der Waals surface area contributed by atoms with Gasteiger partial charge in [-0.15, -0.1) is 10.2 Å². The van der Waals surface area contributed by atoms with E-state index in [2.05, 4.69) is 20.7 Å². The summed E-state index contributed by atoms with van der Waals surface area (Å²) in [6.45, 7) is 0.0186. The predicted molar refractivity (Wildman–Crippen MR) is 125 cm³/mol. The van der Waals surface area contributed by atoms with Crippen molar-refractivity contribution in [2.24, 2.45) is 0 Å². The van der Waals surface area contributed by atoms with Crippen molar-refractivity contribution in [3.05, 3.63) is 18.2 Å². The minimum Gasteiger partial charge on any atom is -0.493 e. The van der Waals surface area contributed by atoms with E-state index in [-0.39, 0.29) is 37.0 Å². The Bertz CT molecular complexity index is 982. The zero-order valence-electron chi connectivity index (χ0n) is 20.0. The van der Waals surface area contributed by atoms with Crippen LogP contribution in [0.4, 0.5) is 0 Å². The number of carbonyl (C=O) groups is 2. The maximum atomic E-state index is 13.2. The molecule has 2 saturated carbocycles. The summed E-state index contributed by atoms with van der Waals surface area (Å²) < 4.78 is 10.6. The second-order valence-corrected chi connectivity index (χ2v) is 9.08. The molecule has 34 heavy (non-hydrogen) atoms. The fraction of sp³-hybridized carbons (Fsp3) is 0.625. The van der Waals surface area contributed by atoms with Gasteiger partial charge in [0, 0.05) is 17.6 Å². The topological polar surface area (TPSA) is 111 Å². The summed E-state index contributed by atoms with van der Waals surface area (Å²) in [5, 5.41) is 15.7. The summed E-state index contributed by atoms with van der Waals surface area (Å²) in [5.74, 6) is 1.30. The number of hydrogen-bond donors (Lipinski definition) is 1. The van der Waals surface area contributed by atoms with Crippen LogP contribution in [0.2, 0.25) is 0 Å². The van der Waals surface area contributed by atoms with Crippen molar-refractivity contribution >= 4 is 11.8 Å². The van der Waals surface area contributed by atoms with E-state index in [0.29, 0.717) is 22.9 Å². The van der Waals surface area contributed by atoms with Crippen molar-refractivity contribution in [2.45, 2.75) is 76.4 Å². The minimum absolute atomic E-state index is 0.0620. The first kappa shape index (κ1) is 24.0. The lowest BCUT2D eigenvalue weighted by molar-refractivity contribution is -0.139. The van der Waals surface area contributed by atoms with Gasteiger partial charge in [0.05, 0.1) is 20.8 Å². The van der Waals surface area contributed by atoms with Gasteiger partial charge in [-0.3, -0.25) is 9.59 Å². The maximum absolute atomic E-state index is 13.2. The van der Waals surface area contributed by atoms with Crippen molar-refractivity contribution in [3.8, 4) is 22.9 Å². The molecule has 2 aliphatic carbocycles. The third-order valence-corrected chi connectivity index (χ3v) is 6.74. The molecule has 10 nitrogen and oxygen atoms in total. The van der Waals surface area contributed by atoms with Gasteiger partial charge in [0.1, 0.15) is 6.54 Å². The number of ether oxygens (including phenoxy) is 2. The summed E-state index contributed by atoms with van der Waals surface area (Å²) in [4.78, 5) is 29.0. The molecule has 0 saturated heterocycles. The second-order valence-electron chi connectivity index (χ2n) is 9.08. The summed E-state index contributed by atoms with van der Waals surface area (Å²) in [6.07, 6.45) is 9.56. The van der Waals surface area contributed by atoms with Gasteiger partial charge in [0.15, 0.2) is 11.5 Å². The van der Waals surface area contributed by atoms with Crippen LogP contribution in [0.5, 0.6) is 11.5 Å². The number of amides is 2. The van der Waals surface area contributed by atoms with Crippen LogP contribution >= 0.6 is 0 Å². The molecule has 0 atom stereocenters. The van der Waals surface area contributed by atoms with Crippen LogP contribution in [0, 0.1) is 0 Å². The molecule has 1 aromatic carbocycles. The Morgan fingerprint density at radius 2 is 1.74 bits per heavy atom. The molecule has 4 rings (SSSR count). The minimum atomic E-state index is -0.165. The summed E-state index contributed by atoms with van der Waals surface area (Å²) in [7, 11) is 3.13. The molecule has 10 heteroatoms. The molecule has 1 heterocycles. The van der Waals surface area contributed by atoms with Crippen molar-refractivity contribution < 1.29 is 19.1 Å². The fourth-order valence-corrected chi connectivity index (χ4v) is 4.92. The third kappa shape index (κ3) is 5.84. The highest BCUT2D eigenvalue weighted by atomic mass is 16.5. The van der Waals surface area contributed by atoms with Crippen LogP contribution in [-0.4, -0.2) is 69.8 Å². The highest BCUT2D eigenvalue weighted by Crippen LogP contribution is 2.30. The fourth-order valence-electron chi connectivity index (χ4n) is 4.92. The first-order chi connectivity index (χ1) is 16.6. The lowest BCUT2D eigenvalue weighted by Crippen LogP contribution is -2.49. The number of benzene rings is 1. The largest absolute Gasteiger partial charge is 0.493 e.